The molecule has 23 heavy (non-hydrogen) atoms. The van der Waals surface area contributed by atoms with E-state index in [4.69, 9.17) is 4.74 Å². The van der Waals surface area contributed by atoms with E-state index in [1.165, 1.54) is 18.9 Å². The van der Waals surface area contributed by atoms with Gasteiger partial charge >= 0.3 is 5.97 Å². The van der Waals surface area contributed by atoms with Crippen LogP contribution in [0.5, 0.6) is 0 Å². The van der Waals surface area contributed by atoms with E-state index >= 15 is 0 Å². The Labute approximate surface area is 138 Å². The fraction of sp³-hybridized carbons (Fsp3) is 0.111. The second-order valence-electron chi connectivity index (χ2n) is 5.12. The van der Waals surface area contributed by atoms with Gasteiger partial charge in [0.2, 0.25) is 0 Å². The summed E-state index contributed by atoms with van der Waals surface area (Å²) in [6, 6.07) is 13.0. The Balaban J connectivity index is 1.94. The summed E-state index contributed by atoms with van der Waals surface area (Å²) in [5.74, 6) is -0.596. The van der Waals surface area contributed by atoms with Gasteiger partial charge in [0.15, 0.2) is 0 Å². The Kier molecular flexibility index (Phi) is 4.21. The predicted octanol–water partition coefficient (Wildman–Crippen LogP) is 3.87. The lowest BCUT2D eigenvalue weighted by atomic mass is 10.1. The van der Waals surface area contributed by atoms with Crippen LogP contribution >= 0.6 is 11.8 Å². The zero-order valence-corrected chi connectivity index (χ0v) is 13.6. The van der Waals surface area contributed by atoms with Crippen molar-refractivity contribution >= 4 is 35.4 Å². The van der Waals surface area contributed by atoms with Gasteiger partial charge < -0.3 is 10.1 Å². The van der Waals surface area contributed by atoms with Crippen molar-refractivity contribution in [1.29, 1.82) is 0 Å². The summed E-state index contributed by atoms with van der Waals surface area (Å²) >= 11 is 1.39. The van der Waals surface area contributed by atoms with Crippen molar-refractivity contribution in [3.05, 3.63) is 64.1 Å². The SMILES string of the molecule is COC(=O)c1ccc2c(c1)NC(=O)C(=Cc1ccccc1C)S2. The van der Waals surface area contributed by atoms with Crippen LogP contribution in [0.3, 0.4) is 0 Å². The van der Waals surface area contributed by atoms with Gasteiger partial charge in [-0.2, -0.15) is 0 Å². The molecule has 1 amide bonds. The third-order valence-corrected chi connectivity index (χ3v) is 4.67. The van der Waals surface area contributed by atoms with Gasteiger partial charge in [-0.15, -0.1) is 0 Å². The molecule has 116 valence electrons. The number of benzene rings is 2. The van der Waals surface area contributed by atoms with E-state index in [0.29, 0.717) is 16.2 Å². The second-order valence-corrected chi connectivity index (χ2v) is 6.21. The van der Waals surface area contributed by atoms with Crippen LogP contribution in [0.25, 0.3) is 6.08 Å². The van der Waals surface area contributed by atoms with Crippen molar-refractivity contribution in [3.8, 4) is 0 Å². The van der Waals surface area contributed by atoms with Crippen LogP contribution in [-0.2, 0) is 9.53 Å². The summed E-state index contributed by atoms with van der Waals surface area (Å²) in [6.45, 7) is 2.01. The minimum atomic E-state index is -0.423. The van der Waals surface area contributed by atoms with E-state index in [9.17, 15) is 9.59 Å². The molecule has 5 heteroatoms. The second kappa shape index (κ2) is 6.30. The van der Waals surface area contributed by atoms with Crippen molar-refractivity contribution in [3.63, 3.8) is 0 Å². The van der Waals surface area contributed by atoms with Crippen molar-refractivity contribution in [1.82, 2.24) is 0 Å². The highest BCUT2D eigenvalue weighted by Crippen LogP contribution is 2.39. The normalized spacial score (nSPS) is 15.0. The maximum Gasteiger partial charge on any atom is 0.337 e. The van der Waals surface area contributed by atoms with Gasteiger partial charge in [0, 0.05) is 4.90 Å². The summed E-state index contributed by atoms with van der Waals surface area (Å²) in [6.07, 6.45) is 1.88. The molecule has 4 nitrogen and oxygen atoms in total. The molecule has 0 radical (unpaired) electrons. The monoisotopic (exact) mass is 325 g/mol. The quantitative estimate of drug-likeness (QED) is 0.673. The van der Waals surface area contributed by atoms with Gasteiger partial charge in [0.1, 0.15) is 0 Å². The molecular formula is C18H15NO3S. The minimum Gasteiger partial charge on any atom is -0.465 e. The third kappa shape index (κ3) is 3.14. The van der Waals surface area contributed by atoms with Crippen LogP contribution in [0.4, 0.5) is 5.69 Å². The number of hydrogen-bond acceptors (Lipinski definition) is 4. The maximum absolute atomic E-state index is 12.3. The maximum atomic E-state index is 12.3. The van der Waals surface area contributed by atoms with Gasteiger partial charge in [-0.05, 0) is 42.3 Å². The van der Waals surface area contributed by atoms with Crippen LogP contribution < -0.4 is 5.32 Å². The Morgan fingerprint density at radius 1 is 1.22 bits per heavy atom. The highest BCUT2D eigenvalue weighted by Gasteiger charge is 2.22. The van der Waals surface area contributed by atoms with Gasteiger partial charge in [-0.3, -0.25) is 4.79 Å². The molecule has 1 aliphatic rings. The highest BCUT2D eigenvalue weighted by molar-refractivity contribution is 8.04. The largest absolute Gasteiger partial charge is 0.465 e. The summed E-state index contributed by atoms with van der Waals surface area (Å²) < 4.78 is 4.70. The van der Waals surface area contributed by atoms with E-state index in [1.54, 1.807) is 12.1 Å². The van der Waals surface area contributed by atoms with E-state index in [-0.39, 0.29) is 5.91 Å². The molecule has 0 aromatic heterocycles. The lowest BCUT2D eigenvalue weighted by Crippen LogP contribution is -2.18. The lowest BCUT2D eigenvalue weighted by Gasteiger charge is -2.19. The fourth-order valence-corrected chi connectivity index (χ4v) is 3.22. The van der Waals surface area contributed by atoms with Crippen molar-refractivity contribution < 1.29 is 14.3 Å². The number of rotatable bonds is 2. The van der Waals surface area contributed by atoms with Gasteiger partial charge in [0.05, 0.1) is 23.3 Å². The number of ether oxygens (including phenoxy) is 1. The van der Waals surface area contributed by atoms with Crippen LogP contribution in [0.1, 0.15) is 21.5 Å². The smallest absolute Gasteiger partial charge is 0.337 e. The summed E-state index contributed by atoms with van der Waals surface area (Å²) in [7, 11) is 1.33. The number of thioether (sulfide) groups is 1. The number of amides is 1. The topological polar surface area (TPSA) is 55.4 Å². The summed E-state index contributed by atoms with van der Waals surface area (Å²) in [5, 5.41) is 2.83. The van der Waals surface area contributed by atoms with Crippen LogP contribution in [0.15, 0.2) is 52.3 Å². The number of carbonyl (C=O) groups is 2. The first-order chi connectivity index (χ1) is 11.1. The molecule has 0 fully saturated rings. The zero-order chi connectivity index (χ0) is 16.4. The Bertz CT molecular complexity index is 827. The van der Waals surface area contributed by atoms with E-state index in [1.807, 2.05) is 43.3 Å². The number of methoxy groups -OCH3 is 1. The first kappa shape index (κ1) is 15.4. The van der Waals surface area contributed by atoms with Crippen molar-refractivity contribution in [2.24, 2.45) is 0 Å². The number of aryl methyl sites for hydroxylation is 1. The predicted molar refractivity (Wildman–Crippen MR) is 91.4 cm³/mol. The summed E-state index contributed by atoms with van der Waals surface area (Å²) in [5.41, 5.74) is 3.17. The third-order valence-electron chi connectivity index (χ3n) is 3.57. The molecule has 3 rings (SSSR count). The first-order valence-electron chi connectivity index (χ1n) is 7.07. The first-order valence-corrected chi connectivity index (χ1v) is 7.89. The Morgan fingerprint density at radius 2 is 2.00 bits per heavy atom. The van der Waals surface area contributed by atoms with Gasteiger partial charge in [-0.1, -0.05) is 36.0 Å². The molecule has 0 atom stereocenters. The standard InChI is InChI=1S/C18H15NO3S/c1-11-5-3-4-6-12(11)10-16-17(20)19-14-9-13(18(21)22-2)7-8-15(14)23-16/h3-10H,1-2H3,(H,19,20). The molecule has 1 aliphatic heterocycles. The number of anilines is 1. The molecule has 1 N–H and O–H groups in total. The molecule has 0 spiro atoms. The molecular weight excluding hydrogens is 310 g/mol. The number of nitrogens with one attached hydrogen (secondary N) is 1. The van der Waals surface area contributed by atoms with Crippen LogP contribution in [0, 0.1) is 6.92 Å². The highest BCUT2D eigenvalue weighted by atomic mass is 32.2. The average molecular weight is 325 g/mol. The van der Waals surface area contributed by atoms with E-state index in [2.05, 4.69) is 5.32 Å². The number of carbonyl (C=O) groups excluding carboxylic acids is 2. The van der Waals surface area contributed by atoms with Crippen molar-refractivity contribution in [2.75, 3.05) is 12.4 Å². The van der Waals surface area contributed by atoms with Crippen LogP contribution in [0.2, 0.25) is 0 Å². The Hall–Kier alpha value is -2.53. The minimum absolute atomic E-state index is 0.173. The average Bonchev–Trinajstić information content (AvgIpc) is 2.56. The number of esters is 1. The molecule has 0 saturated heterocycles. The van der Waals surface area contributed by atoms with Crippen LogP contribution in [-0.4, -0.2) is 19.0 Å². The molecule has 0 bridgehead atoms. The Morgan fingerprint density at radius 3 is 2.74 bits per heavy atom. The number of fused-ring (bicyclic) bond motifs is 1. The fourth-order valence-electron chi connectivity index (χ4n) is 2.30. The lowest BCUT2D eigenvalue weighted by molar-refractivity contribution is -0.112. The zero-order valence-electron chi connectivity index (χ0n) is 12.8. The van der Waals surface area contributed by atoms with Gasteiger partial charge in [-0.25, -0.2) is 4.79 Å². The molecule has 0 saturated carbocycles. The molecule has 1 heterocycles. The summed E-state index contributed by atoms with van der Waals surface area (Å²) in [4.78, 5) is 25.4. The van der Waals surface area contributed by atoms with E-state index in [0.717, 1.165) is 16.0 Å². The van der Waals surface area contributed by atoms with Gasteiger partial charge in [0.25, 0.3) is 5.91 Å². The van der Waals surface area contributed by atoms with Crippen molar-refractivity contribution in [2.45, 2.75) is 11.8 Å². The molecule has 0 aliphatic carbocycles. The number of hydrogen-bond donors (Lipinski definition) is 1. The molecule has 2 aromatic rings. The van der Waals surface area contributed by atoms with E-state index < -0.39 is 5.97 Å². The molecule has 2 aromatic carbocycles. The molecule has 0 unspecified atom stereocenters.